The Morgan fingerprint density at radius 3 is 2.90 bits per heavy atom. The summed E-state index contributed by atoms with van der Waals surface area (Å²) in [7, 11) is 0. The molecular formula is C19H13FN6O2S2. The summed E-state index contributed by atoms with van der Waals surface area (Å²) in [6, 6.07) is 5.54. The first-order valence-corrected chi connectivity index (χ1v) is 10.8. The highest BCUT2D eigenvalue weighted by Gasteiger charge is 2.44. The molecule has 11 heteroatoms. The van der Waals surface area contributed by atoms with Crippen molar-refractivity contribution < 1.29 is 13.6 Å². The number of aromatic nitrogens is 4. The van der Waals surface area contributed by atoms with Gasteiger partial charge in [-0.15, -0.1) is 32.9 Å². The predicted octanol–water partition coefficient (Wildman–Crippen LogP) is 3.25. The number of nitriles is 1. The van der Waals surface area contributed by atoms with Crippen LogP contribution in [0.25, 0.3) is 21.5 Å². The number of thiazole rings is 2. The molecule has 8 nitrogen and oxygen atoms in total. The maximum absolute atomic E-state index is 14.9. The van der Waals surface area contributed by atoms with Crippen LogP contribution in [0, 0.1) is 17.1 Å². The molecule has 1 aliphatic carbocycles. The fraction of sp³-hybridized carbons (Fsp3) is 0.263. The average molecular weight is 440 g/mol. The molecule has 1 aromatic carbocycles. The smallest absolute Gasteiger partial charge is 0.230 e. The van der Waals surface area contributed by atoms with Crippen LogP contribution in [0.5, 0.6) is 0 Å². The van der Waals surface area contributed by atoms with E-state index in [1.54, 1.807) is 23.0 Å². The monoisotopic (exact) mass is 440 g/mol. The van der Waals surface area contributed by atoms with Crippen LogP contribution in [0.1, 0.15) is 29.6 Å². The first-order chi connectivity index (χ1) is 14.5. The zero-order valence-corrected chi connectivity index (χ0v) is 17.0. The first-order valence-electron chi connectivity index (χ1n) is 9.05. The maximum Gasteiger partial charge on any atom is 0.230 e. The lowest BCUT2D eigenvalue weighted by Crippen LogP contribution is -2.36. The molecule has 0 bridgehead atoms. The summed E-state index contributed by atoms with van der Waals surface area (Å²) in [5.74, 6) is -0.231. The third kappa shape index (κ3) is 3.55. The summed E-state index contributed by atoms with van der Waals surface area (Å²) in [5.41, 5.74) is 2.52. The van der Waals surface area contributed by atoms with Gasteiger partial charge in [0.2, 0.25) is 17.7 Å². The molecule has 1 fully saturated rings. The van der Waals surface area contributed by atoms with Crippen molar-refractivity contribution in [3.8, 4) is 17.3 Å². The minimum absolute atomic E-state index is 0.0953. The Labute approximate surface area is 177 Å². The van der Waals surface area contributed by atoms with Crippen molar-refractivity contribution in [3.63, 3.8) is 0 Å². The first kappa shape index (κ1) is 18.8. The number of nitrogens with zero attached hydrogens (tertiary/aromatic N) is 5. The Bertz CT molecular complexity index is 1290. The quantitative estimate of drug-likeness (QED) is 0.489. The van der Waals surface area contributed by atoms with E-state index in [0.717, 1.165) is 0 Å². The van der Waals surface area contributed by atoms with Crippen LogP contribution >= 0.6 is 22.7 Å². The summed E-state index contributed by atoms with van der Waals surface area (Å²) in [6.07, 6.45) is 1.45. The summed E-state index contributed by atoms with van der Waals surface area (Å²) >= 11 is 2.63. The van der Waals surface area contributed by atoms with Crippen molar-refractivity contribution in [2.24, 2.45) is 0 Å². The summed E-state index contributed by atoms with van der Waals surface area (Å²) in [4.78, 5) is 20.6. The number of nitrogens with one attached hydrogen (secondary N) is 1. The number of carbonyl (C=O) groups excluding carboxylic acids is 1. The van der Waals surface area contributed by atoms with Crippen LogP contribution in [-0.4, -0.2) is 31.6 Å². The third-order valence-corrected chi connectivity index (χ3v) is 6.37. The van der Waals surface area contributed by atoms with E-state index in [-0.39, 0.29) is 30.5 Å². The van der Waals surface area contributed by atoms with Crippen LogP contribution in [0.3, 0.4) is 0 Å². The van der Waals surface area contributed by atoms with Gasteiger partial charge in [0.05, 0.1) is 33.9 Å². The van der Waals surface area contributed by atoms with Gasteiger partial charge < -0.3 is 9.73 Å². The molecule has 1 N–H and O–H groups in total. The number of halogens is 1. The van der Waals surface area contributed by atoms with Gasteiger partial charge in [-0.1, -0.05) is 0 Å². The number of hydrogen-bond donors (Lipinski definition) is 1. The van der Waals surface area contributed by atoms with Crippen molar-refractivity contribution >= 4 is 38.8 Å². The molecule has 150 valence electrons. The molecule has 0 unspecified atom stereocenters. The molecular weight excluding hydrogens is 427 g/mol. The normalized spacial score (nSPS) is 14.5. The zero-order valence-electron chi connectivity index (χ0n) is 15.4. The summed E-state index contributed by atoms with van der Waals surface area (Å²) < 4.78 is 20.9. The molecule has 0 atom stereocenters. The fourth-order valence-corrected chi connectivity index (χ4v) is 4.57. The Morgan fingerprint density at radius 1 is 1.33 bits per heavy atom. The fourth-order valence-electron chi connectivity index (χ4n) is 3.02. The van der Waals surface area contributed by atoms with Crippen molar-refractivity contribution in [2.45, 2.75) is 31.2 Å². The molecule has 0 radical (unpaired) electrons. The molecule has 1 saturated carbocycles. The lowest BCUT2D eigenvalue weighted by Gasteiger charge is -2.06. The molecule has 0 aliphatic heterocycles. The Hall–Kier alpha value is -3.23. The molecule has 0 saturated heterocycles. The molecule has 3 heterocycles. The summed E-state index contributed by atoms with van der Waals surface area (Å²) in [5, 5.41) is 22.0. The van der Waals surface area contributed by atoms with Gasteiger partial charge in [-0.2, -0.15) is 5.26 Å². The predicted molar refractivity (Wildman–Crippen MR) is 107 cm³/mol. The number of benzene rings is 1. The molecule has 1 amide bonds. The zero-order chi connectivity index (χ0) is 20.7. The number of amides is 1. The SMILES string of the molecule is N#CC1(NC(=O)Cc2nnc(Cc3nc4ccc(-c5cscn5)c(F)c4s3)o2)CC1. The third-order valence-electron chi connectivity index (χ3n) is 4.72. The van der Waals surface area contributed by atoms with Gasteiger partial charge in [0.1, 0.15) is 17.0 Å². The Kier molecular flexibility index (Phi) is 4.52. The van der Waals surface area contributed by atoms with E-state index in [2.05, 4.69) is 31.6 Å². The van der Waals surface area contributed by atoms with Crippen LogP contribution in [-0.2, 0) is 17.6 Å². The van der Waals surface area contributed by atoms with Gasteiger partial charge in [0.25, 0.3) is 0 Å². The second kappa shape index (κ2) is 7.23. The number of fused-ring (bicyclic) bond motifs is 1. The lowest BCUT2D eigenvalue weighted by atomic mass is 10.1. The standard InChI is InChI=1S/C19H13FN6O2S2/c20-17-10(12-7-29-9-22-12)1-2-11-18(17)30-16(23-11)6-15-26-25-14(28-15)5-13(27)24-19(8-21)3-4-19/h1-2,7,9H,3-6H2,(H,24,27). The van der Waals surface area contributed by atoms with Crippen LogP contribution in [0.2, 0.25) is 0 Å². The molecule has 0 spiro atoms. The number of rotatable bonds is 6. The highest BCUT2D eigenvalue weighted by Crippen LogP contribution is 2.34. The van der Waals surface area contributed by atoms with E-state index in [1.165, 1.54) is 22.7 Å². The van der Waals surface area contributed by atoms with Gasteiger partial charge in [0.15, 0.2) is 5.82 Å². The van der Waals surface area contributed by atoms with Gasteiger partial charge in [0, 0.05) is 10.9 Å². The Balaban J connectivity index is 1.31. The average Bonchev–Trinajstić information content (AvgIpc) is 3.14. The van der Waals surface area contributed by atoms with Crippen molar-refractivity contribution in [2.75, 3.05) is 0 Å². The van der Waals surface area contributed by atoms with Crippen LogP contribution in [0.4, 0.5) is 4.39 Å². The van der Waals surface area contributed by atoms with Crippen molar-refractivity contribution in [3.05, 3.63) is 45.6 Å². The number of carbonyl (C=O) groups is 1. The van der Waals surface area contributed by atoms with E-state index in [1.807, 2.05) is 0 Å². The second-order valence-corrected chi connectivity index (χ2v) is 8.74. The van der Waals surface area contributed by atoms with E-state index >= 15 is 0 Å². The van der Waals surface area contributed by atoms with Gasteiger partial charge in [-0.25, -0.2) is 14.4 Å². The van der Waals surface area contributed by atoms with Crippen LogP contribution in [0.15, 0.2) is 27.4 Å². The van der Waals surface area contributed by atoms with E-state index < -0.39 is 5.54 Å². The summed E-state index contributed by atoms with van der Waals surface area (Å²) in [6.45, 7) is 0. The van der Waals surface area contributed by atoms with E-state index in [0.29, 0.717) is 45.2 Å². The van der Waals surface area contributed by atoms with E-state index in [9.17, 15) is 9.18 Å². The molecule has 5 rings (SSSR count). The largest absolute Gasteiger partial charge is 0.424 e. The number of hydrogen-bond acceptors (Lipinski definition) is 9. The van der Waals surface area contributed by atoms with Crippen molar-refractivity contribution in [1.82, 2.24) is 25.5 Å². The molecule has 30 heavy (non-hydrogen) atoms. The van der Waals surface area contributed by atoms with Crippen LogP contribution < -0.4 is 5.32 Å². The van der Waals surface area contributed by atoms with E-state index in [4.69, 9.17) is 9.68 Å². The van der Waals surface area contributed by atoms with Crippen molar-refractivity contribution in [1.29, 1.82) is 5.26 Å². The highest BCUT2D eigenvalue weighted by atomic mass is 32.1. The minimum atomic E-state index is -0.734. The van der Waals surface area contributed by atoms with Gasteiger partial charge in [-0.05, 0) is 25.0 Å². The Morgan fingerprint density at radius 2 is 2.17 bits per heavy atom. The molecule has 3 aromatic heterocycles. The van der Waals surface area contributed by atoms with Gasteiger partial charge >= 0.3 is 0 Å². The second-order valence-electron chi connectivity index (χ2n) is 6.94. The maximum atomic E-state index is 14.9. The van der Waals surface area contributed by atoms with Gasteiger partial charge in [-0.3, -0.25) is 4.79 Å². The minimum Gasteiger partial charge on any atom is -0.424 e. The molecule has 1 aliphatic rings. The molecule has 4 aromatic rings. The topological polar surface area (TPSA) is 118 Å². The lowest BCUT2D eigenvalue weighted by molar-refractivity contribution is -0.121. The highest BCUT2D eigenvalue weighted by molar-refractivity contribution is 7.18.